The molecule has 0 unspecified atom stereocenters. The molecule has 0 bridgehead atoms. The van der Waals surface area contributed by atoms with E-state index in [0.29, 0.717) is 10.7 Å². The summed E-state index contributed by atoms with van der Waals surface area (Å²) in [4.78, 5) is 12.1. The summed E-state index contributed by atoms with van der Waals surface area (Å²) >= 11 is 6.20. The number of aromatic nitrogens is 3. The highest BCUT2D eigenvalue weighted by atomic mass is 35.5. The Hall–Kier alpha value is -3.24. The Morgan fingerprint density at radius 2 is 1.88 bits per heavy atom. The number of nitrogen functional groups attached to an aromatic ring is 1. The van der Waals surface area contributed by atoms with Crippen molar-refractivity contribution in [3.05, 3.63) is 58.1 Å². The summed E-state index contributed by atoms with van der Waals surface area (Å²) in [6.07, 6.45) is 1.51. The smallest absolute Gasteiger partial charge is 0.357 e. The number of carbonyl (C=O) groups excluding carboxylic acids is 1. The molecule has 0 amide bonds. The fraction of sp³-hybridized carbons (Fsp3) is 0.167. The third-order valence-electron chi connectivity index (χ3n) is 4.12. The van der Waals surface area contributed by atoms with E-state index in [1.807, 2.05) is 32.0 Å². The van der Waals surface area contributed by atoms with Crippen LogP contribution in [0.25, 0.3) is 11.4 Å². The number of nitrogens with zero attached hydrogens (tertiary/aromatic N) is 4. The second kappa shape index (κ2) is 6.58. The predicted molar refractivity (Wildman–Crippen MR) is 97.8 cm³/mol. The summed E-state index contributed by atoms with van der Waals surface area (Å²) in [7, 11) is 1.26. The Labute approximate surface area is 155 Å². The fourth-order valence-electron chi connectivity index (χ4n) is 2.75. The molecule has 0 aliphatic heterocycles. The molecule has 0 atom stereocenters. The highest BCUT2D eigenvalue weighted by Crippen LogP contribution is 2.26. The first kappa shape index (κ1) is 17.6. The minimum Gasteiger partial charge on any atom is -0.464 e. The van der Waals surface area contributed by atoms with Gasteiger partial charge in [0.25, 0.3) is 0 Å². The summed E-state index contributed by atoms with van der Waals surface area (Å²) in [5, 5.41) is 14.2. The van der Waals surface area contributed by atoms with Gasteiger partial charge < -0.3 is 15.0 Å². The first-order valence-corrected chi connectivity index (χ1v) is 8.08. The molecular formula is C18H16ClN5O2. The van der Waals surface area contributed by atoms with Gasteiger partial charge in [0, 0.05) is 11.9 Å². The van der Waals surface area contributed by atoms with Crippen LogP contribution in [0.5, 0.6) is 0 Å². The lowest BCUT2D eigenvalue weighted by Gasteiger charge is -2.10. The van der Waals surface area contributed by atoms with E-state index in [4.69, 9.17) is 22.1 Å². The molecule has 0 aliphatic carbocycles. The maximum Gasteiger partial charge on any atom is 0.357 e. The molecule has 0 aliphatic rings. The number of anilines is 1. The molecule has 2 N–H and O–H groups in total. The number of hydrogen-bond acceptors (Lipinski definition) is 5. The van der Waals surface area contributed by atoms with E-state index in [1.54, 1.807) is 16.8 Å². The molecule has 0 spiro atoms. The van der Waals surface area contributed by atoms with Gasteiger partial charge in [0.1, 0.15) is 6.07 Å². The Bertz CT molecular complexity index is 1040. The monoisotopic (exact) mass is 369 g/mol. The Balaban J connectivity index is 2.08. The molecule has 132 valence electrons. The zero-order valence-electron chi connectivity index (χ0n) is 14.4. The number of methoxy groups -OCH3 is 1. The number of carbonyl (C=O) groups is 1. The van der Waals surface area contributed by atoms with Crippen LogP contribution in [0.1, 0.15) is 27.4 Å². The van der Waals surface area contributed by atoms with Crippen molar-refractivity contribution >= 4 is 23.3 Å². The van der Waals surface area contributed by atoms with Gasteiger partial charge in [-0.25, -0.2) is 9.48 Å². The minimum atomic E-state index is -0.613. The van der Waals surface area contributed by atoms with Gasteiger partial charge in [0.05, 0.1) is 40.5 Å². The molecule has 8 heteroatoms. The molecule has 26 heavy (non-hydrogen) atoms. The third-order valence-corrected chi connectivity index (χ3v) is 4.67. The summed E-state index contributed by atoms with van der Waals surface area (Å²) in [5.74, 6) is -0.613. The van der Waals surface area contributed by atoms with Gasteiger partial charge in [-0.3, -0.25) is 0 Å². The average molecular weight is 370 g/mol. The standard InChI is InChI=1S/C18H16ClN5O2/c1-10-15(19)11(2)24(22-10)14-6-4-13(5-7-14)23-9-12(8-20)16(21)17(23)18(25)26-3/h4-7,9H,21H2,1-3H3. The number of benzene rings is 1. The van der Waals surface area contributed by atoms with Gasteiger partial charge in [0.15, 0.2) is 5.69 Å². The highest BCUT2D eigenvalue weighted by Gasteiger charge is 2.21. The zero-order valence-corrected chi connectivity index (χ0v) is 15.2. The summed E-state index contributed by atoms with van der Waals surface area (Å²) in [6.45, 7) is 3.73. The first-order chi connectivity index (χ1) is 12.4. The largest absolute Gasteiger partial charge is 0.464 e. The van der Waals surface area contributed by atoms with Crippen molar-refractivity contribution in [3.8, 4) is 17.4 Å². The SMILES string of the molecule is COC(=O)c1c(N)c(C#N)cn1-c1ccc(-n2nc(C)c(Cl)c2C)cc1. The number of hydrogen-bond donors (Lipinski definition) is 1. The van der Waals surface area contributed by atoms with Crippen LogP contribution in [0.4, 0.5) is 5.69 Å². The van der Waals surface area contributed by atoms with E-state index < -0.39 is 5.97 Å². The van der Waals surface area contributed by atoms with Gasteiger partial charge >= 0.3 is 5.97 Å². The van der Waals surface area contributed by atoms with E-state index >= 15 is 0 Å². The molecule has 2 heterocycles. The third kappa shape index (κ3) is 2.70. The molecule has 0 fully saturated rings. The Morgan fingerprint density at radius 1 is 1.27 bits per heavy atom. The Kier molecular flexibility index (Phi) is 4.45. The minimum absolute atomic E-state index is 0.0914. The van der Waals surface area contributed by atoms with Gasteiger partial charge in [-0.2, -0.15) is 10.4 Å². The quantitative estimate of drug-likeness (QED) is 0.715. The van der Waals surface area contributed by atoms with Crippen LogP contribution in [0.2, 0.25) is 5.02 Å². The summed E-state index contributed by atoms with van der Waals surface area (Å²) < 4.78 is 8.07. The molecule has 1 aromatic carbocycles. The van der Waals surface area contributed by atoms with Gasteiger partial charge in [-0.05, 0) is 38.1 Å². The number of rotatable bonds is 3. The molecule has 0 radical (unpaired) electrons. The van der Waals surface area contributed by atoms with Gasteiger partial charge in [0.2, 0.25) is 0 Å². The molecule has 7 nitrogen and oxygen atoms in total. The normalized spacial score (nSPS) is 10.6. The zero-order chi connectivity index (χ0) is 19.0. The maximum atomic E-state index is 12.1. The van der Waals surface area contributed by atoms with Crippen molar-refractivity contribution in [2.75, 3.05) is 12.8 Å². The topological polar surface area (TPSA) is 98.9 Å². The number of esters is 1. The lowest BCUT2D eigenvalue weighted by molar-refractivity contribution is 0.0593. The van der Waals surface area contributed by atoms with Gasteiger partial charge in [-0.1, -0.05) is 11.6 Å². The molecule has 0 saturated carbocycles. The predicted octanol–water partition coefficient (Wildman–Crippen LogP) is 3.17. The van der Waals surface area contributed by atoms with Crippen LogP contribution in [0.15, 0.2) is 30.5 Å². The van der Waals surface area contributed by atoms with E-state index in [2.05, 4.69) is 5.10 Å². The van der Waals surface area contributed by atoms with Crippen LogP contribution < -0.4 is 5.73 Å². The van der Waals surface area contributed by atoms with Gasteiger partial charge in [-0.15, -0.1) is 0 Å². The number of ether oxygens (including phenoxy) is 1. The van der Waals surface area contributed by atoms with E-state index in [-0.39, 0.29) is 16.9 Å². The summed E-state index contributed by atoms with van der Waals surface area (Å²) in [6, 6.07) is 9.26. The van der Waals surface area contributed by atoms with Crippen molar-refractivity contribution in [2.24, 2.45) is 0 Å². The van der Waals surface area contributed by atoms with Crippen molar-refractivity contribution in [1.82, 2.24) is 14.3 Å². The lowest BCUT2D eigenvalue weighted by atomic mass is 10.2. The van der Waals surface area contributed by atoms with Crippen LogP contribution in [0.3, 0.4) is 0 Å². The number of aryl methyl sites for hydroxylation is 1. The number of nitrogens with two attached hydrogens (primary N) is 1. The fourth-order valence-corrected chi connectivity index (χ4v) is 2.87. The number of halogens is 1. The Morgan fingerprint density at radius 3 is 2.38 bits per heavy atom. The molecular weight excluding hydrogens is 354 g/mol. The molecule has 2 aromatic heterocycles. The lowest BCUT2D eigenvalue weighted by Crippen LogP contribution is -2.11. The molecule has 0 saturated heterocycles. The van der Waals surface area contributed by atoms with E-state index in [0.717, 1.165) is 17.1 Å². The first-order valence-electron chi connectivity index (χ1n) is 7.70. The van der Waals surface area contributed by atoms with Crippen LogP contribution in [0, 0.1) is 25.2 Å². The average Bonchev–Trinajstić information content (AvgIpc) is 3.12. The summed E-state index contributed by atoms with van der Waals surface area (Å²) in [5.41, 5.74) is 9.40. The van der Waals surface area contributed by atoms with Crippen LogP contribution in [-0.4, -0.2) is 27.4 Å². The van der Waals surface area contributed by atoms with Crippen LogP contribution >= 0.6 is 11.6 Å². The van der Waals surface area contributed by atoms with E-state index in [1.165, 1.54) is 17.9 Å². The number of nitriles is 1. The highest BCUT2D eigenvalue weighted by molar-refractivity contribution is 6.31. The van der Waals surface area contributed by atoms with Crippen LogP contribution in [-0.2, 0) is 4.74 Å². The van der Waals surface area contributed by atoms with Crippen molar-refractivity contribution in [3.63, 3.8) is 0 Å². The molecule has 3 rings (SSSR count). The van der Waals surface area contributed by atoms with E-state index in [9.17, 15) is 10.1 Å². The van der Waals surface area contributed by atoms with Crippen molar-refractivity contribution in [1.29, 1.82) is 5.26 Å². The van der Waals surface area contributed by atoms with Crippen molar-refractivity contribution < 1.29 is 9.53 Å². The second-order valence-electron chi connectivity index (χ2n) is 5.69. The second-order valence-corrected chi connectivity index (χ2v) is 6.07. The maximum absolute atomic E-state index is 12.1. The van der Waals surface area contributed by atoms with Crippen molar-refractivity contribution in [2.45, 2.75) is 13.8 Å². The molecule has 3 aromatic rings.